The number of rotatable bonds is 5. The van der Waals surface area contributed by atoms with Crippen molar-refractivity contribution in [3.63, 3.8) is 0 Å². The number of piperazine rings is 1. The van der Waals surface area contributed by atoms with Crippen LogP contribution in [0.25, 0.3) is 21.9 Å². The molecule has 0 N–H and O–H groups in total. The number of fused-ring (bicyclic) bond motifs is 1. The first-order chi connectivity index (χ1) is 15.9. The van der Waals surface area contributed by atoms with Crippen LogP contribution in [-0.4, -0.2) is 65.6 Å². The summed E-state index contributed by atoms with van der Waals surface area (Å²) in [6.45, 7) is 7.55. The maximum absolute atomic E-state index is 13.2. The molecule has 33 heavy (non-hydrogen) atoms. The van der Waals surface area contributed by atoms with E-state index >= 15 is 0 Å². The molecular formula is C26H29N3O4. The average molecular weight is 448 g/mol. The monoisotopic (exact) mass is 447 g/mol. The molecule has 7 heteroatoms. The van der Waals surface area contributed by atoms with Crippen molar-refractivity contribution in [2.45, 2.75) is 13.8 Å². The number of esters is 1. The summed E-state index contributed by atoms with van der Waals surface area (Å²) in [4.78, 5) is 42.9. The van der Waals surface area contributed by atoms with Gasteiger partial charge in [-0.25, -0.2) is 4.79 Å². The van der Waals surface area contributed by atoms with Gasteiger partial charge >= 0.3 is 5.97 Å². The van der Waals surface area contributed by atoms with Crippen LogP contribution in [0.1, 0.15) is 23.0 Å². The van der Waals surface area contributed by atoms with E-state index in [0.29, 0.717) is 29.4 Å². The van der Waals surface area contributed by atoms with Gasteiger partial charge in [-0.05, 0) is 30.5 Å². The van der Waals surface area contributed by atoms with Crippen molar-refractivity contribution in [2.24, 2.45) is 7.05 Å². The number of pyridine rings is 1. The fourth-order valence-corrected chi connectivity index (χ4v) is 4.32. The molecule has 0 aliphatic carbocycles. The van der Waals surface area contributed by atoms with E-state index in [1.165, 1.54) is 4.57 Å². The van der Waals surface area contributed by atoms with E-state index in [9.17, 15) is 14.4 Å². The molecule has 3 aromatic rings. The first kappa shape index (κ1) is 22.7. The summed E-state index contributed by atoms with van der Waals surface area (Å²) in [5, 5.41) is 1.20. The van der Waals surface area contributed by atoms with E-state index < -0.39 is 5.97 Å². The van der Waals surface area contributed by atoms with Gasteiger partial charge in [0, 0.05) is 44.2 Å². The van der Waals surface area contributed by atoms with Gasteiger partial charge in [-0.2, -0.15) is 0 Å². The minimum atomic E-state index is -0.684. The third-order valence-corrected chi connectivity index (χ3v) is 6.34. The lowest BCUT2D eigenvalue weighted by molar-refractivity contribution is -0.136. The van der Waals surface area contributed by atoms with Crippen LogP contribution in [-0.2, 0) is 16.6 Å². The van der Waals surface area contributed by atoms with E-state index in [1.54, 1.807) is 24.1 Å². The van der Waals surface area contributed by atoms with Gasteiger partial charge in [0.25, 0.3) is 11.5 Å². The normalized spacial score (nSPS) is 14.5. The van der Waals surface area contributed by atoms with Crippen molar-refractivity contribution < 1.29 is 14.3 Å². The molecular weight excluding hydrogens is 418 g/mol. The summed E-state index contributed by atoms with van der Waals surface area (Å²) in [7, 11) is 1.56. The van der Waals surface area contributed by atoms with Gasteiger partial charge in [0.05, 0.1) is 0 Å². The van der Waals surface area contributed by atoms with Crippen LogP contribution < -0.4 is 5.56 Å². The Balaban J connectivity index is 1.66. The second-order valence-corrected chi connectivity index (χ2v) is 8.39. The maximum atomic E-state index is 13.2. The zero-order valence-corrected chi connectivity index (χ0v) is 19.3. The molecule has 0 atom stereocenters. The van der Waals surface area contributed by atoms with Crippen molar-refractivity contribution in [2.75, 3.05) is 39.3 Å². The Hall–Kier alpha value is -3.45. The largest absolute Gasteiger partial charge is 0.451 e. The number of benzene rings is 2. The van der Waals surface area contributed by atoms with Gasteiger partial charge in [0.1, 0.15) is 5.69 Å². The summed E-state index contributed by atoms with van der Waals surface area (Å²) in [5.41, 5.74) is 2.38. The number of aromatic nitrogens is 1. The van der Waals surface area contributed by atoms with Crippen molar-refractivity contribution in [3.05, 3.63) is 70.1 Å². The van der Waals surface area contributed by atoms with Gasteiger partial charge in [-0.15, -0.1) is 0 Å². The number of hydrogen-bond donors (Lipinski definition) is 0. The molecule has 0 saturated carbocycles. The van der Waals surface area contributed by atoms with Gasteiger partial charge in [0.2, 0.25) is 0 Å². The number of carbonyl (C=O) groups is 2. The highest BCUT2D eigenvalue weighted by Crippen LogP contribution is 2.31. The molecule has 1 aliphatic rings. The average Bonchev–Trinajstić information content (AvgIpc) is 2.85. The number of likely N-dealkylation sites (N-methyl/N-ethyl adjacent to an activating group) is 1. The van der Waals surface area contributed by atoms with E-state index in [0.717, 1.165) is 30.8 Å². The molecule has 0 bridgehead atoms. The molecule has 1 aliphatic heterocycles. The van der Waals surface area contributed by atoms with E-state index in [-0.39, 0.29) is 23.8 Å². The zero-order valence-electron chi connectivity index (χ0n) is 19.3. The zero-order chi connectivity index (χ0) is 23.5. The van der Waals surface area contributed by atoms with E-state index in [1.807, 2.05) is 43.3 Å². The minimum absolute atomic E-state index is 0.145. The third kappa shape index (κ3) is 4.54. The third-order valence-electron chi connectivity index (χ3n) is 6.34. The molecule has 1 amide bonds. The van der Waals surface area contributed by atoms with Crippen LogP contribution in [0.5, 0.6) is 0 Å². The number of ether oxygens (including phenoxy) is 1. The predicted molar refractivity (Wildman–Crippen MR) is 128 cm³/mol. The van der Waals surface area contributed by atoms with Gasteiger partial charge in [0.15, 0.2) is 6.61 Å². The number of carbonyl (C=O) groups excluding carboxylic acids is 2. The standard InChI is InChI=1S/C26H29N3O4/c1-4-28-13-15-29(16-14-28)22(30)17-33-26(32)24-23(19-11-9-18(2)10-12-19)20-7-5-6-8-21(20)25(31)27(24)3/h5-12H,4,13-17H2,1-3H3. The van der Waals surface area contributed by atoms with Gasteiger partial charge in [-0.3, -0.25) is 9.59 Å². The molecule has 172 valence electrons. The highest BCUT2D eigenvalue weighted by molar-refractivity contribution is 6.07. The van der Waals surface area contributed by atoms with Crippen LogP contribution in [0.4, 0.5) is 0 Å². The second-order valence-electron chi connectivity index (χ2n) is 8.39. The van der Waals surface area contributed by atoms with Crippen molar-refractivity contribution >= 4 is 22.6 Å². The van der Waals surface area contributed by atoms with Crippen molar-refractivity contribution in [1.29, 1.82) is 0 Å². The Morgan fingerprint density at radius 1 is 0.939 bits per heavy atom. The Labute approximate surface area is 193 Å². The summed E-state index contributed by atoms with van der Waals surface area (Å²) in [6.07, 6.45) is 0. The number of hydrogen-bond acceptors (Lipinski definition) is 5. The van der Waals surface area contributed by atoms with Crippen LogP contribution in [0.2, 0.25) is 0 Å². The smallest absolute Gasteiger partial charge is 0.356 e. The molecule has 0 radical (unpaired) electrons. The second kappa shape index (κ2) is 9.58. The molecule has 2 heterocycles. The number of nitrogens with zero attached hydrogens (tertiary/aromatic N) is 3. The summed E-state index contributed by atoms with van der Waals surface area (Å²) in [6, 6.07) is 15.0. The number of amides is 1. The Kier molecular flexibility index (Phi) is 6.60. The van der Waals surface area contributed by atoms with Gasteiger partial charge in [-0.1, -0.05) is 55.0 Å². The first-order valence-corrected chi connectivity index (χ1v) is 11.3. The molecule has 0 spiro atoms. The molecule has 1 saturated heterocycles. The van der Waals surface area contributed by atoms with E-state index in [2.05, 4.69) is 11.8 Å². The molecule has 1 aromatic heterocycles. The lowest BCUT2D eigenvalue weighted by Crippen LogP contribution is -2.49. The van der Waals surface area contributed by atoms with Crippen LogP contribution >= 0.6 is 0 Å². The van der Waals surface area contributed by atoms with Crippen LogP contribution in [0.3, 0.4) is 0 Å². The summed E-state index contributed by atoms with van der Waals surface area (Å²) >= 11 is 0. The number of aryl methyl sites for hydroxylation is 1. The fraction of sp³-hybridized carbons (Fsp3) is 0.346. The Bertz CT molecular complexity index is 1240. The molecule has 4 rings (SSSR count). The molecule has 2 aromatic carbocycles. The summed E-state index contributed by atoms with van der Waals surface area (Å²) < 4.78 is 6.79. The molecule has 7 nitrogen and oxygen atoms in total. The highest BCUT2D eigenvalue weighted by atomic mass is 16.5. The summed E-state index contributed by atoms with van der Waals surface area (Å²) in [5.74, 6) is -0.904. The van der Waals surface area contributed by atoms with E-state index in [4.69, 9.17) is 4.74 Å². The molecule has 1 fully saturated rings. The van der Waals surface area contributed by atoms with Crippen molar-refractivity contribution in [1.82, 2.24) is 14.4 Å². The molecule has 0 unspecified atom stereocenters. The van der Waals surface area contributed by atoms with Gasteiger partial charge < -0.3 is 19.1 Å². The SMILES string of the molecule is CCN1CCN(C(=O)COC(=O)c2c(-c3ccc(C)cc3)c3ccccc3c(=O)n2C)CC1. The van der Waals surface area contributed by atoms with Crippen LogP contribution in [0.15, 0.2) is 53.3 Å². The lowest BCUT2D eigenvalue weighted by atomic mass is 9.96. The highest BCUT2D eigenvalue weighted by Gasteiger charge is 2.25. The Morgan fingerprint density at radius 3 is 2.21 bits per heavy atom. The maximum Gasteiger partial charge on any atom is 0.356 e. The quantitative estimate of drug-likeness (QED) is 0.563. The topological polar surface area (TPSA) is 71.8 Å². The predicted octanol–water partition coefficient (Wildman–Crippen LogP) is 2.83. The first-order valence-electron chi connectivity index (χ1n) is 11.3. The Morgan fingerprint density at radius 2 is 1.58 bits per heavy atom. The van der Waals surface area contributed by atoms with Crippen molar-refractivity contribution in [3.8, 4) is 11.1 Å². The minimum Gasteiger partial charge on any atom is -0.451 e. The fourth-order valence-electron chi connectivity index (χ4n) is 4.32. The van der Waals surface area contributed by atoms with Crippen LogP contribution in [0, 0.1) is 6.92 Å². The lowest BCUT2D eigenvalue weighted by Gasteiger charge is -2.33.